The zero-order valence-electron chi connectivity index (χ0n) is 13.9. The predicted molar refractivity (Wildman–Crippen MR) is 96.1 cm³/mol. The number of amides is 2. The van der Waals surface area contributed by atoms with Crippen molar-refractivity contribution in [3.63, 3.8) is 0 Å². The number of nitrogens with one attached hydrogen (secondary N) is 2. The van der Waals surface area contributed by atoms with Gasteiger partial charge >= 0.3 is 0 Å². The van der Waals surface area contributed by atoms with Gasteiger partial charge in [-0.1, -0.05) is 36.4 Å². The van der Waals surface area contributed by atoms with Crippen LogP contribution in [0.2, 0.25) is 0 Å². The van der Waals surface area contributed by atoms with Crippen LogP contribution >= 0.6 is 0 Å². The van der Waals surface area contributed by atoms with Gasteiger partial charge in [-0.3, -0.25) is 9.59 Å². The molecule has 0 aromatic heterocycles. The maximum atomic E-state index is 12.2. The van der Waals surface area contributed by atoms with Crippen LogP contribution in [0.15, 0.2) is 54.6 Å². The molecule has 0 radical (unpaired) electrons. The summed E-state index contributed by atoms with van der Waals surface area (Å²) < 4.78 is 0. The van der Waals surface area contributed by atoms with E-state index >= 15 is 0 Å². The van der Waals surface area contributed by atoms with Gasteiger partial charge in [-0.25, -0.2) is 0 Å². The molecule has 1 unspecified atom stereocenters. The molecular weight excluding hydrogens is 316 g/mol. The molecule has 2 aromatic rings. The molecule has 3 N–H and O–H groups in total. The van der Waals surface area contributed by atoms with Crippen LogP contribution in [0.3, 0.4) is 0 Å². The van der Waals surface area contributed by atoms with Gasteiger partial charge in [0.2, 0.25) is 5.91 Å². The van der Waals surface area contributed by atoms with Gasteiger partial charge in [-0.05, 0) is 43.0 Å². The number of anilines is 1. The van der Waals surface area contributed by atoms with Crippen molar-refractivity contribution < 1.29 is 14.7 Å². The van der Waals surface area contributed by atoms with Crippen LogP contribution in [-0.2, 0) is 4.79 Å². The first-order valence-electron chi connectivity index (χ1n) is 8.55. The van der Waals surface area contributed by atoms with E-state index < -0.39 is 6.10 Å². The van der Waals surface area contributed by atoms with Crippen molar-refractivity contribution in [2.24, 2.45) is 5.92 Å². The van der Waals surface area contributed by atoms with E-state index in [1.807, 2.05) is 30.3 Å². The van der Waals surface area contributed by atoms with Crippen LogP contribution in [-0.4, -0.2) is 23.5 Å². The fourth-order valence-electron chi connectivity index (χ4n) is 2.59. The predicted octanol–water partition coefficient (Wildman–Crippen LogP) is 2.89. The molecule has 0 heterocycles. The molecular formula is C20H22N2O3. The SMILES string of the molecule is O=C(NCCC(O)c1ccccc1)c1cccc(NC(=O)C2CC2)c1. The molecule has 2 aromatic carbocycles. The van der Waals surface area contributed by atoms with Crippen molar-refractivity contribution in [1.82, 2.24) is 5.32 Å². The molecule has 130 valence electrons. The average Bonchev–Trinajstić information content (AvgIpc) is 3.48. The summed E-state index contributed by atoms with van der Waals surface area (Å²) in [5, 5.41) is 15.7. The number of hydrogen-bond acceptors (Lipinski definition) is 3. The van der Waals surface area contributed by atoms with Gasteiger partial charge in [-0.15, -0.1) is 0 Å². The van der Waals surface area contributed by atoms with Gasteiger partial charge in [0.25, 0.3) is 5.91 Å². The van der Waals surface area contributed by atoms with Crippen molar-refractivity contribution >= 4 is 17.5 Å². The third-order valence-electron chi connectivity index (χ3n) is 4.23. The molecule has 5 heteroatoms. The summed E-state index contributed by atoms with van der Waals surface area (Å²) in [6.07, 6.45) is 1.71. The molecule has 1 atom stereocenters. The Morgan fingerprint density at radius 1 is 1.08 bits per heavy atom. The van der Waals surface area contributed by atoms with Crippen LogP contribution < -0.4 is 10.6 Å². The van der Waals surface area contributed by atoms with Gasteiger partial charge < -0.3 is 15.7 Å². The maximum Gasteiger partial charge on any atom is 0.251 e. The lowest BCUT2D eigenvalue weighted by Gasteiger charge is -2.12. The Morgan fingerprint density at radius 2 is 1.84 bits per heavy atom. The lowest BCUT2D eigenvalue weighted by atomic mass is 10.1. The zero-order valence-corrected chi connectivity index (χ0v) is 13.9. The summed E-state index contributed by atoms with van der Waals surface area (Å²) in [6.45, 7) is 0.369. The van der Waals surface area contributed by atoms with Crippen molar-refractivity contribution in [3.05, 3.63) is 65.7 Å². The quantitative estimate of drug-likeness (QED) is 0.726. The average molecular weight is 338 g/mol. The summed E-state index contributed by atoms with van der Waals surface area (Å²) in [5.41, 5.74) is 1.96. The zero-order chi connectivity index (χ0) is 17.6. The van der Waals surface area contributed by atoms with Gasteiger partial charge in [0.1, 0.15) is 0 Å². The minimum absolute atomic E-state index is 0.0172. The lowest BCUT2D eigenvalue weighted by Crippen LogP contribution is -2.25. The van der Waals surface area contributed by atoms with E-state index in [0.29, 0.717) is 24.2 Å². The van der Waals surface area contributed by atoms with Crippen LogP contribution in [0.4, 0.5) is 5.69 Å². The second kappa shape index (κ2) is 7.94. The van der Waals surface area contributed by atoms with E-state index in [0.717, 1.165) is 18.4 Å². The van der Waals surface area contributed by atoms with Gasteiger partial charge in [0.15, 0.2) is 0 Å². The Labute approximate surface area is 147 Å². The molecule has 3 rings (SSSR count). The molecule has 25 heavy (non-hydrogen) atoms. The van der Waals surface area contributed by atoms with Crippen molar-refractivity contribution in [1.29, 1.82) is 0 Å². The lowest BCUT2D eigenvalue weighted by molar-refractivity contribution is -0.117. The fourth-order valence-corrected chi connectivity index (χ4v) is 2.59. The van der Waals surface area contributed by atoms with E-state index in [1.54, 1.807) is 24.3 Å². The molecule has 1 saturated carbocycles. The van der Waals surface area contributed by atoms with Gasteiger partial charge in [-0.2, -0.15) is 0 Å². The van der Waals surface area contributed by atoms with E-state index in [9.17, 15) is 14.7 Å². The number of aliphatic hydroxyl groups excluding tert-OH is 1. The van der Waals surface area contributed by atoms with Crippen molar-refractivity contribution in [3.8, 4) is 0 Å². The van der Waals surface area contributed by atoms with Gasteiger partial charge in [0, 0.05) is 23.7 Å². The van der Waals surface area contributed by atoms with E-state index in [2.05, 4.69) is 10.6 Å². The Hall–Kier alpha value is -2.66. The number of rotatable bonds is 7. The van der Waals surface area contributed by atoms with Crippen LogP contribution in [0.1, 0.15) is 41.3 Å². The highest BCUT2D eigenvalue weighted by atomic mass is 16.3. The molecule has 0 bridgehead atoms. The first-order chi connectivity index (χ1) is 12.1. The Balaban J connectivity index is 1.50. The smallest absolute Gasteiger partial charge is 0.251 e. The Bertz CT molecular complexity index is 742. The maximum absolute atomic E-state index is 12.2. The monoisotopic (exact) mass is 338 g/mol. The largest absolute Gasteiger partial charge is 0.388 e. The number of hydrogen-bond donors (Lipinski definition) is 3. The summed E-state index contributed by atoms with van der Waals surface area (Å²) in [4.78, 5) is 24.0. The summed E-state index contributed by atoms with van der Waals surface area (Å²) in [7, 11) is 0. The van der Waals surface area contributed by atoms with Gasteiger partial charge in [0.05, 0.1) is 6.10 Å². The molecule has 1 aliphatic rings. The highest BCUT2D eigenvalue weighted by Crippen LogP contribution is 2.30. The first-order valence-corrected chi connectivity index (χ1v) is 8.55. The standard InChI is InChI=1S/C20H22N2O3/c23-18(14-5-2-1-3-6-14)11-12-21-19(24)16-7-4-8-17(13-16)22-20(25)15-9-10-15/h1-8,13,15,18,23H,9-12H2,(H,21,24)(H,22,25). The number of carbonyl (C=O) groups excluding carboxylic acids is 2. The molecule has 0 spiro atoms. The minimum Gasteiger partial charge on any atom is -0.388 e. The highest BCUT2D eigenvalue weighted by Gasteiger charge is 2.29. The summed E-state index contributed by atoms with van der Waals surface area (Å²) in [6, 6.07) is 16.3. The van der Waals surface area contributed by atoms with E-state index in [4.69, 9.17) is 0 Å². The van der Waals surface area contributed by atoms with Crippen molar-refractivity contribution in [2.75, 3.05) is 11.9 Å². The Morgan fingerprint density at radius 3 is 2.56 bits per heavy atom. The number of aliphatic hydroxyl groups is 1. The van der Waals surface area contributed by atoms with E-state index in [1.165, 1.54) is 0 Å². The van der Waals surface area contributed by atoms with Crippen molar-refractivity contribution in [2.45, 2.75) is 25.4 Å². The fraction of sp³-hybridized carbons (Fsp3) is 0.300. The highest BCUT2D eigenvalue weighted by molar-refractivity contribution is 5.98. The Kier molecular flexibility index (Phi) is 5.46. The first kappa shape index (κ1) is 17.2. The second-order valence-corrected chi connectivity index (χ2v) is 6.32. The normalized spacial score (nSPS) is 14.6. The molecule has 5 nitrogen and oxygen atoms in total. The molecule has 1 aliphatic carbocycles. The molecule has 0 aliphatic heterocycles. The van der Waals surface area contributed by atoms with E-state index in [-0.39, 0.29) is 17.7 Å². The number of carbonyl (C=O) groups is 2. The minimum atomic E-state index is -0.606. The molecule has 1 fully saturated rings. The third kappa shape index (κ3) is 4.90. The molecule has 0 saturated heterocycles. The van der Waals surface area contributed by atoms with Crippen LogP contribution in [0.5, 0.6) is 0 Å². The topological polar surface area (TPSA) is 78.4 Å². The summed E-state index contributed by atoms with van der Waals surface area (Å²) in [5.74, 6) is -0.0803. The third-order valence-corrected chi connectivity index (χ3v) is 4.23. The van der Waals surface area contributed by atoms with Crippen LogP contribution in [0.25, 0.3) is 0 Å². The molecule has 2 amide bonds. The van der Waals surface area contributed by atoms with Crippen LogP contribution in [0, 0.1) is 5.92 Å². The number of benzene rings is 2. The summed E-state index contributed by atoms with van der Waals surface area (Å²) >= 11 is 0. The second-order valence-electron chi connectivity index (χ2n) is 6.32.